The predicted octanol–water partition coefficient (Wildman–Crippen LogP) is 2.86. The number of nitrogens with zero attached hydrogens (tertiary/aromatic N) is 3. The van der Waals surface area contributed by atoms with E-state index in [0.717, 1.165) is 28.1 Å². The fourth-order valence-corrected chi connectivity index (χ4v) is 3.72. The number of benzene rings is 2. The second-order valence-electron chi connectivity index (χ2n) is 7.39. The fourth-order valence-electron chi connectivity index (χ4n) is 3.72. The number of fused-ring (bicyclic) bond motifs is 1. The Kier molecular flexibility index (Phi) is 4.63. The number of aromatic nitrogens is 2. The number of hydrogen-bond acceptors (Lipinski definition) is 3. The number of imidazole rings is 1. The molecule has 0 radical (unpaired) electrons. The Morgan fingerprint density at radius 1 is 1.18 bits per heavy atom. The summed E-state index contributed by atoms with van der Waals surface area (Å²) < 4.78 is 1.97. The van der Waals surface area contributed by atoms with Crippen LogP contribution < -0.4 is 10.2 Å². The first-order chi connectivity index (χ1) is 13.5. The normalized spacial score (nSPS) is 16.8. The molecule has 1 aromatic heterocycles. The molecule has 0 spiro atoms. The van der Waals surface area contributed by atoms with Crippen LogP contribution in [0.2, 0.25) is 0 Å². The van der Waals surface area contributed by atoms with Crippen molar-refractivity contribution in [3.8, 4) is 0 Å². The maximum absolute atomic E-state index is 12.8. The van der Waals surface area contributed by atoms with Crippen LogP contribution in [0.25, 0.3) is 11.0 Å². The molecule has 4 rings (SSSR count). The second-order valence-corrected chi connectivity index (χ2v) is 7.39. The van der Waals surface area contributed by atoms with Gasteiger partial charge in [-0.3, -0.25) is 9.59 Å². The van der Waals surface area contributed by atoms with Crippen molar-refractivity contribution in [2.75, 3.05) is 11.4 Å². The van der Waals surface area contributed by atoms with E-state index in [-0.39, 0.29) is 11.8 Å². The quantitative estimate of drug-likeness (QED) is 0.712. The van der Waals surface area contributed by atoms with Crippen molar-refractivity contribution in [3.63, 3.8) is 0 Å². The summed E-state index contributed by atoms with van der Waals surface area (Å²) in [5, 5.41) is 2.90. The van der Waals surface area contributed by atoms with Crippen LogP contribution in [-0.2, 0) is 23.2 Å². The van der Waals surface area contributed by atoms with E-state index < -0.39 is 5.92 Å². The lowest BCUT2D eigenvalue weighted by Gasteiger charge is -2.18. The monoisotopic (exact) mass is 376 g/mol. The topological polar surface area (TPSA) is 67.2 Å². The lowest BCUT2D eigenvalue weighted by atomic mass is 10.1. The minimum atomic E-state index is -0.642. The molecule has 1 N–H and O–H groups in total. The third kappa shape index (κ3) is 3.15. The Labute approximate surface area is 164 Å². The van der Waals surface area contributed by atoms with E-state index in [1.807, 2.05) is 67.9 Å². The smallest absolute Gasteiger partial charge is 0.239 e. The summed E-state index contributed by atoms with van der Waals surface area (Å²) >= 11 is 0. The summed E-state index contributed by atoms with van der Waals surface area (Å²) in [5.74, 6) is -0.239. The zero-order chi connectivity index (χ0) is 19.8. The number of amides is 2. The van der Waals surface area contributed by atoms with Gasteiger partial charge in [0.25, 0.3) is 0 Å². The number of para-hydroxylation sites is 2. The summed E-state index contributed by atoms with van der Waals surface area (Å²) in [4.78, 5) is 31.7. The SMILES string of the molecule is Cc1ccc(N2CCC(C(=O)NCc3nc4ccccc4n3C)C2=O)cc1C. The minimum Gasteiger partial charge on any atom is -0.348 e. The zero-order valence-electron chi connectivity index (χ0n) is 16.4. The van der Waals surface area contributed by atoms with Crippen LogP contribution in [0.5, 0.6) is 0 Å². The van der Waals surface area contributed by atoms with Crippen molar-refractivity contribution in [3.05, 3.63) is 59.4 Å². The summed E-state index contributed by atoms with van der Waals surface area (Å²) in [7, 11) is 1.93. The van der Waals surface area contributed by atoms with Crippen molar-refractivity contribution < 1.29 is 9.59 Å². The highest BCUT2D eigenvalue weighted by molar-refractivity contribution is 6.09. The molecule has 6 heteroatoms. The maximum atomic E-state index is 12.8. The van der Waals surface area contributed by atoms with Crippen LogP contribution in [-0.4, -0.2) is 27.9 Å². The second kappa shape index (κ2) is 7.11. The molecule has 1 unspecified atom stereocenters. The highest BCUT2D eigenvalue weighted by atomic mass is 16.2. The van der Waals surface area contributed by atoms with Crippen LogP contribution in [0.4, 0.5) is 5.69 Å². The van der Waals surface area contributed by atoms with Gasteiger partial charge in [-0.2, -0.15) is 0 Å². The molecule has 2 heterocycles. The molecule has 144 valence electrons. The van der Waals surface area contributed by atoms with Gasteiger partial charge in [-0.1, -0.05) is 18.2 Å². The van der Waals surface area contributed by atoms with Gasteiger partial charge in [-0.05, 0) is 55.7 Å². The first-order valence-corrected chi connectivity index (χ1v) is 9.52. The molecule has 1 aliphatic heterocycles. The highest BCUT2D eigenvalue weighted by Crippen LogP contribution is 2.27. The first-order valence-electron chi connectivity index (χ1n) is 9.52. The van der Waals surface area contributed by atoms with Crippen molar-refractivity contribution in [2.45, 2.75) is 26.8 Å². The largest absolute Gasteiger partial charge is 0.348 e. The Morgan fingerprint density at radius 3 is 2.71 bits per heavy atom. The van der Waals surface area contributed by atoms with Gasteiger partial charge in [0.2, 0.25) is 11.8 Å². The van der Waals surface area contributed by atoms with E-state index in [1.165, 1.54) is 5.56 Å². The zero-order valence-corrected chi connectivity index (χ0v) is 16.4. The molecular weight excluding hydrogens is 352 g/mol. The summed E-state index contributed by atoms with van der Waals surface area (Å²) in [6, 6.07) is 13.8. The number of carbonyl (C=O) groups excluding carboxylic acids is 2. The van der Waals surface area contributed by atoms with Gasteiger partial charge in [0.15, 0.2) is 0 Å². The molecule has 2 aromatic carbocycles. The average molecular weight is 376 g/mol. The number of rotatable bonds is 4. The molecule has 0 aliphatic carbocycles. The number of anilines is 1. The van der Waals surface area contributed by atoms with E-state index >= 15 is 0 Å². The molecule has 1 fully saturated rings. The van der Waals surface area contributed by atoms with Crippen LogP contribution in [0, 0.1) is 19.8 Å². The van der Waals surface area contributed by atoms with Gasteiger partial charge < -0.3 is 14.8 Å². The van der Waals surface area contributed by atoms with E-state index in [0.29, 0.717) is 19.5 Å². The molecule has 0 bridgehead atoms. The summed E-state index contributed by atoms with van der Waals surface area (Å²) in [6.07, 6.45) is 0.528. The van der Waals surface area contributed by atoms with E-state index in [9.17, 15) is 9.59 Å². The molecule has 3 aromatic rings. The Hall–Kier alpha value is -3.15. The van der Waals surface area contributed by atoms with E-state index in [2.05, 4.69) is 10.3 Å². The van der Waals surface area contributed by atoms with Gasteiger partial charge in [0.05, 0.1) is 17.6 Å². The summed E-state index contributed by atoms with van der Waals surface area (Å²) in [6.45, 7) is 4.94. The lowest BCUT2D eigenvalue weighted by Crippen LogP contribution is -2.37. The van der Waals surface area contributed by atoms with Crippen molar-refractivity contribution >= 4 is 28.5 Å². The van der Waals surface area contributed by atoms with Gasteiger partial charge in [0.1, 0.15) is 11.7 Å². The van der Waals surface area contributed by atoms with Gasteiger partial charge in [-0.25, -0.2) is 4.98 Å². The maximum Gasteiger partial charge on any atom is 0.239 e. The Bertz CT molecular complexity index is 1070. The number of nitrogens with one attached hydrogen (secondary N) is 1. The predicted molar refractivity (Wildman–Crippen MR) is 109 cm³/mol. The molecular formula is C22H24N4O2. The standard InChI is InChI=1S/C22H24N4O2/c1-14-8-9-16(12-15(14)2)26-11-10-17(22(26)28)21(27)23-13-20-24-18-6-4-5-7-19(18)25(20)3/h4-9,12,17H,10-11,13H2,1-3H3,(H,23,27). The number of carbonyl (C=O) groups is 2. The van der Waals surface area contributed by atoms with E-state index in [1.54, 1.807) is 4.90 Å². The Morgan fingerprint density at radius 2 is 1.96 bits per heavy atom. The number of hydrogen-bond donors (Lipinski definition) is 1. The minimum absolute atomic E-state index is 0.134. The van der Waals surface area contributed by atoms with E-state index in [4.69, 9.17) is 0 Å². The van der Waals surface area contributed by atoms with Crippen molar-refractivity contribution in [1.29, 1.82) is 0 Å². The van der Waals surface area contributed by atoms with Gasteiger partial charge >= 0.3 is 0 Å². The molecule has 2 amide bonds. The highest BCUT2D eigenvalue weighted by Gasteiger charge is 2.37. The molecule has 28 heavy (non-hydrogen) atoms. The lowest BCUT2D eigenvalue weighted by molar-refractivity contribution is -0.132. The molecule has 6 nitrogen and oxygen atoms in total. The van der Waals surface area contributed by atoms with Gasteiger partial charge in [0, 0.05) is 19.3 Å². The number of aryl methyl sites for hydroxylation is 3. The average Bonchev–Trinajstić information content (AvgIpc) is 3.23. The fraction of sp³-hybridized carbons (Fsp3) is 0.318. The van der Waals surface area contributed by atoms with Crippen molar-refractivity contribution in [1.82, 2.24) is 14.9 Å². The third-order valence-electron chi connectivity index (χ3n) is 5.62. The van der Waals surface area contributed by atoms with Crippen molar-refractivity contribution in [2.24, 2.45) is 13.0 Å². The molecule has 1 atom stereocenters. The summed E-state index contributed by atoms with van der Waals surface area (Å²) in [5.41, 5.74) is 5.10. The Balaban J connectivity index is 1.44. The van der Waals surface area contributed by atoms with Crippen LogP contribution in [0.15, 0.2) is 42.5 Å². The van der Waals surface area contributed by atoms with Gasteiger partial charge in [-0.15, -0.1) is 0 Å². The molecule has 1 saturated heterocycles. The third-order valence-corrected chi connectivity index (χ3v) is 5.62. The molecule has 0 saturated carbocycles. The first kappa shape index (κ1) is 18.2. The van der Waals surface area contributed by atoms with Crippen LogP contribution in [0.1, 0.15) is 23.4 Å². The van der Waals surface area contributed by atoms with Crippen LogP contribution in [0.3, 0.4) is 0 Å². The van der Waals surface area contributed by atoms with Crippen LogP contribution >= 0.6 is 0 Å². The molecule has 1 aliphatic rings.